The van der Waals surface area contributed by atoms with Crippen molar-refractivity contribution in [2.24, 2.45) is 45.8 Å². The molecule has 48 heavy (non-hydrogen) atoms. The summed E-state index contributed by atoms with van der Waals surface area (Å²) in [7, 11) is 0. The number of hydrogen-bond acceptors (Lipinski definition) is 8. The monoisotopic (exact) mass is 673 g/mol. The summed E-state index contributed by atoms with van der Waals surface area (Å²) in [6, 6.07) is -0.478. The van der Waals surface area contributed by atoms with Crippen LogP contribution in [0.25, 0.3) is 0 Å². The molecule has 9 nitrogen and oxygen atoms in total. The fourth-order valence-electron chi connectivity index (χ4n) is 11.0. The first-order chi connectivity index (χ1) is 22.0. The Labute approximate surface area is 288 Å². The maximum atomic E-state index is 14.1. The SMILES string of the molecule is C=CC1O[C@H]2C[C@H]3OC[C@@]3(C)[C@H]3[C@H](C)[C@]4(O)C[C@H](OC(=O)[C@H](C)[C@H](CC(C)C)NC(=O)OC(C)(C)C)C(C)=C([C@H](C)[C@H](O1)[C@]23C)C4(C)C. The van der Waals surface area contributed by atoms with Crippen LogP contribution in [0, 0.1) is 45.8 Å². The Hall–Kier alpha value is -1.94. The van der Waals surface area contributed by atoms with E-state index in [1.165, 1.54) is 0 Å². The number of rotatable bonds is 7. The molecule has 0 aromatic carbocycles. The Balaban J connectivity index is 1.54. The van der Waals surface area contributed by atoms with Gasteiger partial charge in [0.05, 0.1) is 36.4 Å². The van der Waals surface area contributed by atoms with Gasteiger partial charge < -0.3 is 34.1 Å². The van der Waals surface area contributed by atoms with E-state index in [1.54, 1.807) is 13.0 Å². The summed E-state index contributed by atoms with van der Waals surface area (Å²) in [6.45, 7) is 31.3. The van der Waals surface area contributed by atoms with Gasteiger partial charge in [0, 0.05) is 41.0 Å². The van der Waals surface area contributed by atoms with Crippen LogP contribution in [0.2, 0.25) is 0 Å². The van der Waals surface area contributed by atoms with Crippen molar-refractivity contribution in [2.45, 2.75) is 157 Å². The first-order valence-corrected chi connectivity index (χ1v) is 18.2. The van der Waals surface area contributed by atoms with E-state index in [9.17, 15) is 14.7 Å². The van der Waals surface area contributed by atoms with E-state index in [2.05, 4.69) is 67.3 Å². The summed E-state index contributed by atoms with van der Waals surface area (Å²) in [5.41, 5.74) is -1.06. The molecule has 5 aliphatic rings. The minimum absolute atomic E-state index is 0.00803. The summed E-state index contributed by atoms with van der Waals surface area (Å²) in [4.78, 5) is 26.9. The van der Waals surface area contributed by atoms with Crippen molar-refractivity contribution in [1.82, 2.24) is 5.32 Å². The zero-order valence-electron chi connectivity index (χ0n) is 31.8. The van der Waals surface area contributed by atoms with E-state index in [1.807, 2.05) is 27.7 Å². The van der Waals surface area contributed by atoms with E-state index < -0.39 is 58.4 Å². The Kier molecular flexibility index (Phi) is 9.62. The van der Waals surface area contributed by atoms with Crippen molar-refractivity contribution < 1.29 is 38.4 Å². The molecule has 2 N–H and O–H groups in total. The molecule has 0 aromatic heterocycles. The van der Waals surface area contributed by atoms with Crippen molar-refractivity contribution in [3.8, 4) is 0 Å². The lowest BCUT2D eigenvalue weighted by molar-refractivity contribution is -0.383. The molecule has 13 atom stereocenters. The standard InChI is InChI=1S/C39H63NO8/c1-15-29-46-28-17-27-37(13,19-44-27)31-24(7)39(43)18-26(22(5)30(36(39,11)12)23(6)32(47-29)38(28,31)14)45-33(41)21(4)25(16-20(2)3)40-34(42)48-35(8,9)10/h15,20-21,23-29,31-32,43H,1,16-19H2,2-14H3,(H,40,42)/t21-,23+,24+,25+,26+,27-,28+,29?,31-,32+,37-,38-,39-/m1/s1. The van der Waals surface area contributed by atoms with Gasteiger partial charge in [0.25, 0.3) is 0 Å². The minimum Gasteiger partial charge on any atom is -0.457 e. The van der Waals surface area contributed by atoms with Crippen molar-refractivity contribution >= 4 is 12.1 Å². The van der Waals surface area contributed by atoms with Crippen LogP contribution >= 0.6 is 0 Å². The molecule has 272 valence electrons. The lowest BCUT2D eigenvalue weighted by Crippen LogP contribution is -2.77. The Morgan fingerprint density at radius 2 is 1.75 bits per heavy atom. The number of carbonyl (C=O) groups excluding carboxylic acids is 2. The zero-order valence-corrected chi connectivity index (χ0v) is 31.8. The van der Waals surface area contributed by atoms with E-state index in [-0.39, 0.29) is 53.8 Å². The summed E-state index contributed by atoms with van der Waals surface area (Å²) < 4.78 is 31.6. The van der Waals surface area contributed by atoms with Gasteiger partial charge in [0.1, 0.15) is 11.7 Å². The Morgan fingerprint density at radius 3 is 2.29 bits per heavy atom. The molecule has 1 amide bonds. The van der Waals surface area contributed by atoms with Crippen LogP contribution < -0.4 is 5.32 Å². The predicted octanol–water partition coefficient (Wildman–Crippen LogP) is 6.96. The number of ether oxygens (including phenoxy) is 5. The quantitative estimate of drug-likeness (QED) is 0.220. The second-order valence-electron chi connectivity index (χ2n) is 18.2. The second kappa shape index (κ2) is 12.4. The third-order valence-electron chi connectivity index (χ3n) is 13.2. The topological polar surface area (TPSA) is 113 Å². The molecule has 2 bridgehead atoms. The highest BCUT2D eigenvalue weighted by molar-refractivity contribution is 5.75. The molecule has 1 unspecified atom stereocenters. The molecule has 0 aromatic rings. The van der Waals surface area contributed by atoms with Gasteiger partial charge in [-0.15, -0.1) is 0 Å². The molecule has 5 rings (SSSR count). The molecule has 2 aliphatic heterocycles. The van der Waals surface area contributed by atoms with Gasteiger partial charge in [-0.25, -0.2) is 4.79 Å². The molecule has 2 saturated heterocycles. The maximum Gasteiger partial charge on any atom is 0.407 e. The summed E-state index contributed by atoms with van der Waals surface area (Å²) in [6.07, 6.45) is 1.30. The molecule has 0 spiro atoms. The first-order valence-electron chi connectivity index (χ1n) is 18.2. The van der Waals surface area contributed by atoms with Crippen LogP contribution in [-0.2, 0) is 28.5 Å². The number of nitrogens with one attached hydrogen (secondary N) is 1. The van der Waals surface area contributed by atoms with Crippen LogP contribution in [0.4, 0.5) is 4.79 Å². The lowest BCUT2D eigenvalue weighted by Gasteiger charge is -2.72. The highest BCUT2D eigenvalue weighted by Gasteiger charge is 2.74. The summed E-state index contributed by atoms with van der Waals surface area (Å²) >= 11 is 0. The van der Waals surface area contributed by atoms with Gasteiger partial charge in [0.2, 0.25) is 0 Å². The lowest BCUT2D eigenvalue weighted by atomic mass is 9.39. The minimum atomic E-state index is -1.21. The third kappa shape index (κ3) is 5.76. The van der Waals surface area contributed by atoms with Crippen LogP contribution in [0.3, 0.4) is 0 Å². The average molecular weight is 674 g/mol. The van der Waals surface area contributed by atoms with Crippen LogP contribution in [-0.4, -0.2) is 71.7 Å². The number of esters is 1. The largest absolute Gasteiger partial charge is 0.457 e. The van der Waals surface area contributed by atoms with Crippen molar-refractivity contribution in [2.75, 3.05) is 6.61 Å². The van der Waals surface area contributed by atoms with Gasteiger partial charge in [0.15, 0.2) is 6.29 Å². The highest BCUT2D eigenvalue weighted by Crippen LogP contribution is 2.70. The second-order valence-corrected chi connectivity index (χ2v) is 18.2. The van der Waals surface area contributed by atoms with Gasteiger partial charge >= 0.3 is 12.1 Å². The molecule has 2 heterocycles. The van der Waals surface area contributed by atoms with E-state index in [4.69, 9.17) is 23.7 Å². The maximum absolute atomic E-state index is 14.1. The number of hydrogen-bond donors (Lipinski definition) is 2. The summed E-state index contributed by atoms with van der Waals surface area (Å²) in [5, 5.41) is 16.2. The van der Waals surface area contributed by atoms with Crippen molar-refractivity contribution in [3.05, 3.63) is 23.8 Å². The Morgan fingerprint density at radius 1 is 1.10 bits per heavy atom. The van der Waals surface area contributed by atoms with Crippen LogP contribution in [0.1, 0.15) is 109 Å². The highest BCUT2D eigenvalue weighted by atomic mass is 16.7. The van der Waals surface area contributed by atoms with E-state index >= 15 is 0 Å². The fraction of sp³-hybridized carbons (Fsp3) is 0.846. The first kappa shape index (κ1) is 37.3. The smallest absolute Gasteiger partial charge is 0.407 e. The van der Waals surface area contributed by atoms with Crippen LogP contribution in [0.15, 0.2) is 23.8 Å². The molecular formula is C39H63NO8. The molecular weight excluding hydrogens is 610 g/mol. The van der Waals surface area contributed by atoms with E-state index in [0.717, 1.165) is 17.6 Å². The predicted molar refractivity (Wildman–Crippen MR) is 184 cm³/mol. The van der Waals surface area contributed by atoms with Gasteiger partial charge in [-0.2, -0.15) is 0 Å². The zero-order chi connectivity index (χ0) is 35.9. The van der Waals surface area contributed by atoms with Crippen molar-refractivity contribution in [3.63, 3.8) is 0 Å². The average Bonchev–Trinajstić information content (AvgIpc) is 2.95. The van der Waals surface area contributed by atoms with Gasteiger partial charge in [-0.3, -0.25) is 4.79 Å². The number of fused-ring (bicyclic) bond motifs is 4. The Bertz CT molecular complexity index is 1320. The molecule has 0 radical (unpaired) electrons. The normalized spacial score (nSPS) is 43.0. The number of aliphatic hydroxyl groups is 1. The third-order valence-corrected chi connectivity index (χ3v) is 13.2. The fourth-order valence-corrected chi connectivity index (χ4v) is 11.0. The molecule has 2 saturated carbocycles. The van der Waals surface area contributed by atoms with Crippen LogP contribution in [0.5, 0.6) is 0 Å². The van der Waals surface area contributed by atoms with Crippen molar-refractivity contribution in [1.29, 1.82) is 0 Å². The van der Waals surface area contributed by atoms with Gasteiger partial charge in [-0.1, -0.05) is 67.5 Å². The number of alkyl carbamates (subject to hydrolysis) is 1. The summed E-state index contributed by atoms with van der Waals surface area (Å²) in [5.74, 6) is -1.12. The van der Waals surface area contributed by atoms with E-state index in [0.29, 0.717) is 13.0 Å². The molecule has 9 heteroatoms. The molecule has 4 fully saturated rings. The van der Waals surface area contributed by atoms with Gasteiger partial charge in [-0.05, 0) is 70.4 Å². The number of amides is 1. The molecule has 3 aliphatic carbocycles. The number of carbonyl (C=O) groups is 2.